The maximum atomic E-state index is 12.6. The van der Waals surface area contributed by atoms with Gasteiger partial charge in [-0.1, -0.05) is 411 Å². The van der Waals surface area contributed by atoms with Gasteiger partial charge in [-0.2, -0.15) is 0 Å². The summed E-state index contributed by atoms with van der Waals surface area (Å²) in [6.45, 7) is 4.98. The molecule has 0 heterocycles. The third-order valence-corrected chi connectivity index (χ3v) is 19.0. The summed E-state index contributed by atoms with van der Waals surface area (Å²) in [4.78, 5) is 24.7. The number of nitrogens with one attached hydrogen (secondary N) is 1. The molecule has 6 heteroatoms. The number of allylic oxidation sites excluding steroid dienone is 4. The van der Waals surface area contributed by atoms with E-state index in [4.69, 9.17) is 4.74 Å². The number of amides is 1. The van der Waals surface area contributed by atoms with E-state index in [2.05, 4.69) is 43.5 Å². The van der Waals surface area contributed by atoms with E-state index in [1.54, 1.807) is 0 Å². The van der Waals surface area contributed by atoms with Crippen LogP contribution in [0.25, 0.3) is 0 Å². The Balaban J connectivity index is 3.35. The zero-order valence-electron chi connectivity index (χ0n) is 59.3. The predicted octanol–water partition coefficient (Wildman–Crippen LogP) is 26.4. The normalized spacial score (nSPS) is 12.6. The lowest BCUT2D eigenvalue weighted by Crippen LogP contribution is -2.45. The Kier molecular flexibility index (Phi) is 75.3. The van der Waals surface area contributed by atoms with E-state index >= 15 is 0 Å². The van der Waals surface area contributed by atoms with Gasteiger partial charge in [-0.15, -0.1) is 0 Å². The molecule has 0 spiro atoms. The number of carbonyl (C=O) groups is 2. The Morgan fingerprint density at radius 2 is 0.575 bits per heavy atom. The first-order valence-electron chi connectivity index (χ1n) is 40.1. The number of hydrogen-bond donors (Lipinski definition) is 3. The zero-order valence-corrected chi connectivity index (χ0v) is 59.3. The molecular weight excluding hydrogens is 1070 g/mol. The highest BCUT2D eigenvalue weighted by molar-refractivity contribution is 5.76. The molecule has 2 atom stereocenters. The number of unbranched alkanes of at least 4 members (excludes halogenated alkanes) is 61. The molecule has 0 aromatic carbocycles. The first-order chi connectivity index (χ1) is 43.0. The van der Waals surface area contributed by atoms with Crippen molar-refractivity contribution in [2.24, 2.45) is 0 Å². The minimum Gasteiger partial charge on any atom is -0.466 e. The fourth-order valence-electron chi connectivity index (χ4n) is 12.9. The van der Waals surface area contributed by atoms with E-state index < -0.39 is 12.1 Å². The molecule has 0 bridgehead atoms. The summed E-state index contributed by atoms with van der Waals surface area (Å²) < 4.78 is 5.51. The van der Waals surface area contributed by atoms with Gasteiger partial charge in [0.15, 0.2) is 0 Å². The smallest absolute Gasteiger partial charge is 0.305 e. The van der Waals surface area contributed by atoms with E-state index in [0.29, 0.717) is 25.9 Å². The molecule has 0 radical (unpaired) electrons. The summed E-state index contributed by atoms with van der Waals surface area (Å²) in [5.41, 5.74) is 0. The third-order valence-electron chi connectivity index (χ3n) is 19.0. The van der Waals surface area contributed by atoms with Crippen LogP contribution >= 0.6 is 0 Å². The summed E-state index contributed by atoms with van der Waals surface area (Å²) in [7, 11) is 0. The van der Waals surface area contributed by atoms with E-state index in [9.17, 15) is 19.8 Å². The maximum Gasteiger partial charge on any atom is 0.305 e. The van der Waals surface area contributed by atoms with Crippen molar-refractivity contribution in [1.29, 1.82) is 0 Å². The number of aliphatic hydroxyl groups is 2. The van der Waals surface area contributed by atoms with E-state index in [1.807, 2.05) is 0 Å². The first-order valence-corrected chi connectivity index (χ1v) is 40.1. The lowest BCUT2D eigenvalue weighted by molar-refractivity contribution is -0.143. The lowest BCUT2D eigenvalue weighted by Gasteiger charge is -2.22. The largest absolute Gasteiger partial charge is 0.466 e. The molecule has 0 aliphatic heterocycles. The monoisotopic (exact) mass is 1220 g/mol. The Labute approximate surface area is 545 Å². The molecule has 0 fully saturated rings. The van der Waals surface area contributed by atoms with Gasteiger partial charge in [0.05, 0.1) is 25.4 Å². The van der Waals surface area contributed by atoms with Crippen LogP contribution in [0.2, 0.25) is 0 Å². The second-order valence-electron chi connectivity index (χ2n) is 27.8. The second-order valence-corrected chi connectivity index (χ2v) is 27.8. The molecule has 0 aromatic rings. The van der Waals surface area contributed by atoms with Crippen LogP contribution < -0.4 is 5.32 Å². The Morgan fingerprint density at radius 3 is 0.897 bits per heavy atom. The number of carbonyl (C=O) groups excluding carboxylic acids is 2. The Hall–Kier alpha value is -1.66. The molecule has 2 unspecified atom stereocenters. The first kappa shape index (κ1) is 85.3. The molecule has 1 amide bonds. The zero-order chi connectivity index (χ0) is 62.8. The van der Waals surface area contributed by atoms with Gasteiger partial charge in [-0.25, -0.2) is 0 Å². The van der Waals surface area contributed by atoms with Crippen LogP contribution in [0.15, 0.2) is 24.3 Å². The molecule has 0 aromatic heterocycles. The van der Waals surface area contributed by atoms with Gasteiger partial charge in [0, 0.05) is 12.8 Å². The van der Waals surface area contributed by atoms with Gasteiger partial charge in [0.1, 0.15) is 0 Å². The van der Waals surface area contributed by atoms with Crippen molar-refractivity contribution < 1.29 is 24.5 Å². The highest BCUT2D eigenvalue weighted by atomic mass is 16.5. The summed E-state index contributed by atoms with van der Waals surface area (Å²) in [5.74, 6) is -0.0119. The highest BCUT2D eigenvalue weighted by Gasteiger charge is 2.20. The van der Waals surface area contributed by atoms with Crippen molar-refractivity contribution in [2.45, 2.75) is 469 Å². The molecule has 6 nitrogen and oxygen atoms in total. The number of esters is 1. The third kappa shape index (κ3) is 73.3. The van der Waals surface area contributed by atoms with Crippen molar-refractivity contribution >= 4 is 11.9 Å². The molecular formula is C81H157NO5. The van der Waals surface area contributed by atoms with Gasteiger partial charge in [0.2, 0.25) is 5.91 Å². The molecule has 87 heavy (non-hydrogen) atoms. The topological polar surface area (TPSA) is 95.9 Å². The molecule has 0 rings (SSSR count). The van der Waals surface area contributed by atoms with Crippen molar-refractivity contribution in [3.05, 3.63) is 24.3 Å². The average Bonchev–Trinajstić information content (AvgIpc) is 3.53. The number of hydrogen-bond acceptors (Lipinski definition) is 5. The van der Waals surface area contributed by atoms with Crippen LogP contribution in [-0.4, -0.2) is 47.4 Å². The van der Waals surface area contributed by atoms with Gasteiger partial charge in [0.25, 0.3) is 0 Å². The van der Waals surface area contributed by atoms with Crippen molar-refractivity contribution in [2.75, 3.05) is 13.2 Å². The number of ether oxygens (including phenoxy) is 1. The van der Waals surface area contributed by atoms with Crippen LogP contribution in [0.3, 0.4) is 0 Å². The van der Waals surface area contributed by atoms with Crippen LogP contribution in [0.1, 0.15) is 457 Å². The fourth-order valence-corrected chi connectivity index (χ4v) is 12.9. The van der Waals surface area contributed by atoms with Crippen LogP contribution in [0, 0.1) is 0 Å². The van der Waals surface area contributed by atoms with Crippen LogP contribution in [0.4, 0.5) is 0 Å². The van der Waals surface area contributed by atoms with Gasteiger partial charge >= 0.3 is 5.97 Å². The minimum absolute atomic E-state index is 0.0148. The number of rotatable bonds is 76. The lowest BCUT2D eigenvalue weighted by atomic mass is 10.0. The Bertz CT molecular complexity index is 1360. The molecule has 3 N–H and O–H groups in total. The standard InChI is InChI=1S/C81H157NO5/c1-3-5-7-9-11-13-15-17-19-21-23-24-25-28-31-34-38-41-45-49-53-57-61-65-69-73-79(84)78(77-83)82-80(85)74-70-66-62-58-54-50-46-42-39-35-32-29-26-27-30-33-36-40-44-48-52-56-60-64-68-72-76-87-81(86)75-71-67-63-59-55-51-47-43-37-22-20-18-16-14-12-10-8-6-4-2/h12,14,18,20,78-79,83-84H,3-11,13,15-17,19,21-77H2,1-2H3,(H,82,85)/b14-12-,20-18-. The highest BCUT2D eigenvalue weighted by Crippen LogP contribution is 2.20. The number of aliphatic hydroxyl groups excluding tert-OH is 2. The van der Waals surface area contributed by atoms with Gasteiger partial charge in [-0.3, -0.25) is 9.59 Å². The molecule has 0 saturated carbocycles. The average molecular weight is 1230 g/mol. The minimum atomic E-state index is -0.664. The van der Waals surface area contributed by atoms with Crippen LogP contribution in [-0.2, 0) is 14.3 Å². The van der Waals surface area contributed by atoms with Crippen molar-refractivity contribution in [3.63, 3.8) is 0 Å². The van der Waals surface area contributed by atoms with Crippen molar-refractivity contribution in [1.82, 2.24) is 5.32 Å². The quantitative estimate of drug-likeness (QED) is 0.0320. The molecule has 0 aliphatic carbocycles. The summed E-state index contributed by atoms with van der Waals surface area (Å²) in [5, 5.41) is 23.5. The van der Waals surface area contributed by atoms with Crippen molar-refractivity contribution in [3.8, 4) is 0 Å². The van der Waals surface area contributed by atoms with E-state index in [0.717, 1.165) is 51.4 Å². The van der Waals surface area contributed by atoms with Gasteiger partial charge in [-0.05, 0) is 57.8 Å². The molecule has 0 saturated heterocycles. The molecule has 516 valence electrons. The second kappa shape index (κ2) is 76.8. The summed E-state index contributed by atoms with van der Waals surface area (Å²) in [6, 6.07) is -0.541. The van der Waals surface area contributed by atoms with E-state index in [1.165, 1.54) is 372 Å². The maximum absolute atomic E-state index is 12.6. The predicted molar refractivity (Wildman–Crippen MR) is 384 cm³/mol. The van der Waals surface area contributed by atoms with Crippen LogP contribution in [0.5, 0.6) is 0 Å². The Morgan fingerprint density at radius 1 is 0.322 bits per heavy atom. The molecule has 0 aliphatic rings. The SMILES string of the molecule is CCCCC/C=C\C/C=C\CCCCCCCCCCCC(=O)OCCCCCCCCCCCCCCCCCCCCCCCCCCCCC(=O)NC(CO)C(O)CCCCCCCCCCCCCCCCCCCCCCCCCCC. The summed E-state index contributed by atoms with van der Waals surface area (Å²) >= 11 is 0. The summed E-state index contributed by atoms with van der Waals surface area (Å²) in [6.07, 6.45) is 98.3. The van der Waals surface area contributed by atoms with Gasteiger partial charge < -0.3 is 20.3 Å². The fraction of sp³-hybridized carbons (Fsp3) is 0.926. The van der Waals surface area contributed by atoms with E-state index in [-0.39, 0.29) is 18.5 Å².